The second kappa shape index (κ2) is 7.01. The Kier molecular flexibility index (Phi) is 5.95. The van der Waals surface area contributed by atoms with Crippen molar-refractivity contribution in [2.45, 2.75) is 39.2 Å². The van der Waals surface area contributed by atoms with Crippen LogP contribution in [0.25, 0.3) is 0 Å². The highest BCUT2D eigenvalue weighted by atomic mass is 32.1. The van der Waals surface area contributed by atoms with Crippen molar-refractivity contribution in [1.82, 2.24) is 10.6 Å². The van der Waals surface area contributed by atoms with Crippen LogP contribution in [0.3, 0.4) is 0 Å². The third kappa shape index (κ3) is 5.95. The van der Waals surface area contributed by atoms with E-state index < -0.39 is 0 Å². The normalized spacial score (nSPS) is 17.2. The van der Waals surface area contributed by atoms with Gasteiger partial charge in [-0.2, -0.15) is 0 Å². The third-order valence-electron chi connectivity index (χ3n) is 2.64. The first-order valence-corrected chi connectivity index (χ1v) is 6.27. The van der Waals surface area contributed by atoms with Crippen molar-refractivity contribution in [2.75, 3.05) is 19.8 Å². The lowest BCUT2D eigenvalue weighted by molar-refractivity contribution is 0.145. The summed E-state index contributed by atoms with van der Waals surface area (Å²) in [7, 11) is 0. The monoisotopic (exact) mass is 230 g/mol. The summed E-state index contributed by atoms with van der Waals surface area (Å²) in [5.74, 6) is 0.841. The molecule has 1 saturated carbocycles. The molecule has 0 bridgehead atoms. The minimum Gasteiger partial charge on any atom is -0.382 e. The van der Waals surface area contributed by atoms with E-state index in [1.54, 1.807) is 0 Å². The Morgan fingerprint density at radius 2 is 2.27 bits per heavy atom. The molecule has 1 rings (SSSR count). The summed E-state index contributed by atoms with van der Waals surface area (Å²) >= 11 is 5.19. The molecule has 0 aromatic rings. The van der Waals surface area contributed by atoms with Crippen LogP contribution in [0.5, 0.6) is 0 Å². The van der Waals surface area contributed by atoms with Crippen LogP contribution in [0.15, 0.2) is 0 Å². The molecule has 1 aliphatic rings. The molecule has 1 aliphatic carbocycles. The summed E-state index contributed by atoms with van der Waals surface area (Å²) in [5.41, 5.74) is 0. The average Bonchev–Trinajstić information content (AvgIpc) is 3.00. The Bertz CT molecular complexity index is 195. The lowest BCUT2D eigenvalue weighted by Gasteiger charge is -2.16. The van der Waals surface area contributed by atoms with E-state index in [1.165, 1.54) is 12.8 Å². The zero-order valence-corrected chi connectivity index (χ0v) is 10.5. The van der Waals surface area contributed by atoms with E-state index in [-0.39, 0.29) is 0 Å². The molecule has 0 spiro atoms. The molecule has 4 heteroatoms. The Morgan fingerprint density at radius 3 is 2.87 bits per heavy atom. The maximum absolute atomic E-state index is 5.24. The van der Waals surface area contributed by atoms with Gasteiger partial charge in [0.2, 0.25) is 0 Å². The summed E-state index contributed by atoms with van der Waals surface area (Å²) in [5, 5.41) is 7.29. The number of rotatable bonds is 7. The fraction of sp³-hybridized carbons (Fsp3) is 0.909. The highest BCUT2D eigenvalue weighted by Gasteiger charge is 2.27. The van der Waals surface area contributed by atoms with Gasteiger partial charge >= 0.3 is 0 Å². The van der Waals surface area contributed by atoms with Crippen LogP contribution >= 0.6 is 12.2 Å². The van der Waals surface area contributed by atoms with Crippen molar-refractivity contribution in [3.05, 3.63) is 0 Å². The third-order valence-corrected chi connectivity index (χ3v) is 2.91. The fourth-order valence-electron chi connectivity index (χ4n) is 1.49. The molecular weight excluding hydrogens is 208 g/mol. The van der Waals surface area contributed by atoms with Gasteiger partial charge in [0.15, 0.2) is 5.11 Å². The quantitative estimate of drug-likeness (QED) is 0.515. The maximum atomic E-state index is 5.24. The number of hydrogen-bond acceptors (Lipinski definition) is 2. The number of nitrogens with one attached hydrogen (secondary N) is 2. The summed E-state index contributed by atoms with van der Waals surface area (Å²) in [4.78, 5) is 0. The molecule has 1 atom stereocenters. The molecule has 2 N–H and O–H groups in total. The highest BCUT2D eigenvalue weighted by molar-refractivity contribution is 7.80. The van der Waals surface area contributed by atoms with Gasteiger partial charge < -0.3 is 15.4 Å². The van der Waals surface area contributed by atoms with Gasteiger partial charge in [0.1, 0.15) is 0 Å². The molecule has 0 heterocycles. The molecule has 88 valence electrons. The SMILES string of the molecule is CCOCCCNC(=S)NC(C)C1CC1. The smallest absolute Gasteiger partial charge is 0.166 e. The molecule has 0 aliphatic heterocycles. The van der Waals surface area contributed by atoms with E-state index in [1.807, 2.05) is 6.92 Å². The van der Waals surface area contributed by atoms with Gasteiger partial charge in [-0.05, 0) is 51.2 Å². The van der Waals surface area contributed by atoms with Crippen LogP contribution in [0.4, 0.5) is 0 Å². The molecule has 0 saturated heterocycles. The van der Waals surface area contributed by atoms with Gasteiger partial charge in [0, 0.05) is 25.8 Å². The summed E-state index contributed by atoms with van der Waals surface area (Å²) in [6.07, 6.45) is 3.70. The molecule has 0 aromatic carbocycles. The molecule has 1 fully saturated rings. The van der Waals surface area contributed by atoms with Gasteiger partial charge in [0.05, 0.1) is 0 Å². The minimum absolute atomic E-state index is 0.525. The second-order valence-corrected chi connectivity index (χ2v) is 4.49. The van der Waals surface area contributed by atoms with Gasteiger partial charge in [-0.25, -0.2) is 0 Å². The Hall–Kier alpha value is -0.350. The number of thiocarbonyl (C=S) groups is 1. The summed E-state index contributed by atoms with van der Waals surface area (Å²) in [6.45, 7) is 6.71. The standard InChI is InChI=1S/C11H22N2OS/c1-3-14-8-4-7-12-11(15)13-9(2)10-5-6-10/h9-10H,3-8H2,1-2H3,(H2,12,13,15). The van der Waals surface area contributed by atoms with Crippen molar-refractivity contribution >= 4 is 17.3 Å². The molecule has 1 unspecified atom stereocenters. The predicted molar refractivity (Wildman–Crippen MR) is 67.0 cm³/mol. The van der Waals surface area contributed by atoms with Crippen LogP contribution < -0.4 is 10.6 Å². The topological polar surface area (TPSA) is 33.3 Å². The molecule has 15 heavy (non-hydrogen) atoms. The van der Waals surface area contributed by atoms with Crippen molar-refractivity contribution in [1.29, 1.82) is 0 Å². The maximum Gasteiger partial charge on any atom is 0.166 e. The van der Waals surface area contributed by atoms with Crippen LogP contribution in [0, 0.1) is 5.92 Å². The highest BCUT2D eigenvalue weighted by Crippen LogP contribution is 2.32. The largest absolute Gasteiger partial charge is 0.382 e. The number of ether oxygens (including phenoxy) is 1. The van der Waals surface area contributed by atoms with Gasteiger partial charge in [-0.15, -0.1) is 0 Å². The van der Waals surface area contributed by atoms with Crippen molar-refractivity contribution < 1.29 is 4.74 Å². The second-order valence-electron chi connectivity index (χ2n) is 4.08. The number of hydrogen-bond donors (Lipinski definition) is 2. The average molecular weight is 230 g/mol. The minimum atomic E-state index is 0.525. The molecule has 3 nitrogen and oxygen atoms in total. The lowest BCUT2D eigenvalue weighted by atomic mass is 10.2. The zero-order chi connectivity index (χ0) is 11.1. The summed E-state index contributed by atoms with van der Waals surface area (Å²) in [6, 6.07) is 0.525. The Morgan fingerprint density at radius 1 is 1.53 bits per heavy atom. The van der Waals surface area contributed by atoms with E-state index in [2.05, 4.69) is 17.6 Å². The van der Waals surface area contributed by atoms with E-state index in [0.29, 0.717) is 6.04 Å². The lowest BCUT2D eigenvalue weighted by Crippen LogP contribution is -2.41. The molecule has 0 aromatic heterocycles. The predicted octanol–water partition coefficient (Wildman–Crippen LogP) is 1.68. The first-order chi connectivity index (χ1) is 7.24. The first kappa shape index (κ1) is 12.7. The van der Waals surface area contributed by atoms with Gasteiger partial charge in [0.25, 0.3) is 0 Å². The van der Waals surface area contributed by atoms with Crippen molar-refractivity contribution in [2.24, 2.45) is 5.92 Å². The van der Waals surface area contributed by atoms with Crippen LogP contribution in [0.1, 0.15) is 33.1 Å². The van der Waals surface area contributed by atoms with Crippen molar-refractivity contribution in [3.8, 4) is 0 Å². The fourth-order valence-corrected chi connectivity index (χ4v) is 1.78. The van der Waals surface area contributed by atoms with Crippen molar-refractivity contribution in [3.63, 3.8) is 0 Å². The summed E-state index contributed by atoms with van der Waals surface area (Å²) < 4.78 is 5.24. The molecular formula is C11H22N2OS. The first-order valence-electron chi connectivity index (χ1n) is 5.86. The van der Waals surface area contributed by atoms with E-state index in [4.69, 9.17) is 17.0 Å². The van der Waals surface area contributed by atoms with E-state index in [9.17, 15) is 0 Å². The van der Waals surface area contributed by atoms with Crippen LogP contribution in [-0.2, 0) is 4.74 Å². The van der Waals surface area contributed by atoms with E-state index >= 15 is 0 Å². The van der Waals surface area contributed by atoms with Crippen LogP contribution in [0.2, 0.25) is 0 Å². The Balaban J connectivity index is 1.93. The van der Waals surface area contributed by atoms with Gasteiger partial charge in [-0.3, -0.25) is 0 Å². The van der Waals surface area contributed by atoms with E-state index in [0.717, 1.165) is 37.2 Å². The molecule has 0 amide bonds. The Labute approximate surface area is 98.0 Å². The zero-order valence-electron chi connectivity index (χ0n) is 9.71. The van der Waals surface area contributed by atoms with Gasteiger partial charge in [-0.1, -0.05) is 0 Å². The molecule has 0 radical (unpaired) electrons. The van der Waals surface area contributed by atoms with Crippen LogP contribution in [-0.4, -0.2) is 30.9 Å².